The van der Waals surface area contributed by atoms with E-state index in [1.54, 1.807) is 37.3 Å². The second-order valence-electron chi connectivity index (χ2n) is 5.90. The van der Waals surface area contributed by atoms with E-state index < -0.39 is 0 Å². The average Bonchev–Trinajstić information content (AvgIpc) is 2.64. The molecule has 3 aromatic rings. The molecule has 0 saturated carbocycles. The number of amides is 1. The Morgan fingerprint density at radius 3 is 2.81 bits per heavy atom. The maximum atomic E-state index is 12.6. The molecule has 0 N–H and O–H groups in total. The van der Waals surface area contributed by atoms with Crippen molar-refractivity contribution in [3.8, 4) is 5.75 Å². The molecule has 1 amide bonds. The smallest absolute Gasteiger partial charge is 0.261 e. The van der Waals surface area contributed by atoms with Gasteiger partial charge in [0.25, 0.3) is 5.56 Å². The van der Waals surface area contributed by atoms with Crippen LogP contribution in [0.25, 0.3) is 10.9 Å². The van der Waals surface area contributed by atoms with Crippen LogP contribution in [0.4, 0.5) is 0 Å². The van der Waals surface area contributed by atoms with Gasteiger partial charge >= 0.3 is 0 Å². The number of hydrogen-bond donors (Lipinski definition) is 0. The third-order valence-electron chi connectivity index (χ3n) is 4.11. The Labute approximate surface area is 159 Å². The van der Waals surface area contributed by atoms with Crippen LogP contribution in [0.3, 0.4) is 0 Å². The Balaban J connectivity index is 1.79. The van der Waals surface area contributed by atoms with Crippen LogP contribution >= 0.6 is 15.9 Å². The van der Waals surface area contributed by atoms with E-state index in [-0.39, 0.29) is 18.0 Å². The number of benzene rings is 2. The summed E-state index contributed by atoms with van der Waals surface area (Å²) < 4.78 is 7.58. The molecule has 0 atom stereocenters. The normalized spacial score (nSPS) is 10.7. The summed E-state index contributed by atoms with van der Waals surface area (Å²) in [6, 6.07) is 12.7. The quantitative estimate of drug-likeness (QED) is 0.642. The van der Waals surface area contributed by atoms with E-state index in [9.17, 15) is 9.59 Å². The summed E-state index contributed by atoms with van der Waals surface area (Å²) in [5, 5.41) is 0.499. The van der Waals surface area contributed by atoms with Gasteiger partial charge in [-0.1, -0.05) is 28.1 Å². The Bertz CT molecular complexity index is 1020. The Morgan fingerprint density at radius 1 is 1.27 bits per heavy atom. The number of aromatic nitrogens is 2. The van der Waals surface area contributed by atoms with Crippen LogP contribution in [-0.2, 0) is 17.9 Å². The zero-order valence-corrected chi connectivity index (χ0v) is 16.1. The minimum absolute atomic E-state index is 0.0660. The highest BCUT2D eigenvalue weighted by Gasteiger charge is 2.14. The van der Waals surface area contributed by atoms with Crippen molar-refractivity contribution < 1.29 is 9.53 Å². The number of methoxy groups -OCH3 is 1. The molecular formula is C19H18BrN3O3. The molecule has 3 rings (SSSR count). The zero-order chi connectivity index (χ0) is 18.7. The first kappa shape index (κ1) is 18.1. The third-order valence-corrected chi connectivity index (χ3v) is 4.61. The summed E-state index contributed by atoms with van der Waals surface area (Å²) >= 11 is 3.43. The van der Waals surface area contributed by atoms with E-state index in [1.807, 2.05) is 24.3 Å². The lowest BCUT2D eigenvalue weighted by molar-refractivity contribution is -0.131. The van der Waals surface area contributed by atoms with Gasteiger partial charge in [0.15, 0.2) is 0 Å². The first-order valence-corrected chi connectivity index (χ1v) is 8.79. The first-order valence-electron chi connectivity index (χ1n) is 8.00. The number of halogens is 1. The zero-order valence-electron chi connectivity index (χ0n) is 14.5. The Morgan fingerprint density at radius 2 is 2.04 bits per heavy atom. The van der Waals surface area contributed by atoms with E-state index in [0.717, 1.165) is 10.0 Å². The topological polar surface area (TPSA) is 64.4 Å². The molecule has 1 aromatic heterocycles. The number of likely N-dealkylation sites (N-methyl/N-ethyl adjacent to an activating group) is 1. The molecule has 0 aliphatic heterocycles. The van der Waals surface area contributed by atoms with Crippen molar-refractivity contribution >= 4 is 32.7 Å². The van der Waals surface area contributed by atoms with Gasteiger partial charge in [0.05, 0.1) is 24.3 Å². The fourth-order valence-corrected chi connectivity index (χ4v) is 3.11. The summed E-state index contributed by atoms with van der Waals surface area (Å²) in [5.74, 6) is 0.517. The van der Waals surface area contributed by atoms with E-state index in [0.29, 0.717) is 23.2 Å². The number of ether oxygens (including phenoxy) is 1. The maximum Gasteiger partial charge on any atom is 0.261 e. The first-order chi connectivity index (χ1) is 12.5. The summed E-state index contributed by atoms with van der Waals surface area (Å²) in [7, 11) is 3.29. The van der Waals surface area contributed by atoms with Crippen molar-refractivity contribution in [2.45, 2.75) is 13.1 Å². The van der Waals surface area contributed by atoms with Gasteiger partial charge in [0.2, 0.25) is 5.91 Å². The molecule has 1 heterocycles. The fourth-order valence-electron chi connectivity index (χ4n) is 2.70. The van der Waals surface area contributed by atoms with Crippen LogP contribution in [0, 0.1) is 0 Å². The molecule has 0 aliphatic rings. The van der Waals surface area contributed by atoms with Crippen LogP contribution in [0.5, 0.6) is 5.75 Å². The average molecular weight is 416 g/mol. The standard InChI is InChI=1S/C19H18BrN3O3/c1-22(10-13-9-14(20)7-8-17(13)26-2)18(24)11-23-12-21-16-6-4-3-5-15(16)19(23)25/h3-9,12H,10-11H2,1-2H3. The van der Waals surface area contributed by atoms with Gasteiger partial charge < -0.3 is 9.64 Å². The molecule has 0 aliphatic carbocycles. The minimum atomic E-state index is -0.225. The molecule has 0 unspecified atom stereocenters. The van der Waals surface area contributed by atoms with Crippen LogP contribution < -0.4 is 10.3 Å². The summed E-state index contributed by atoms with van der Waals surface area (Å²) in [6.07, 6.45) is 1.41. The highest BCUT2D eigenvalue weighted by molar-refractivity contribution is 9.10. The van der Waals surface area contributed by atoms with Gasteiger partial charge in [-0.05, 0) is 30.3 Å². The lowest BCUT2D eigenvalue weighted by atomic mass is 10.2. The lowest BCUT2D eigenvalue weighted by Crippen LogP contribution is -2.33. The monoisotopic (exact) mass is 415 g/mol. The summed E-state index contributed by atoms with van der Waals surface area (Å²) in [4.78, 5) is 30.9. The maximum absolute atomic E-state index is 12.6. The van der Waals surface area contributed by atoms with Crippen LogP contribution in [0.15, 0.2) is 58.1 Å². The van der Waals surface area contributed by atoms with Crippen molar-refractivity contribution in [2.24, 2.45) is 0 Å². The van der Waals surface area contributed by atoms with Crippen LogP contribution in [0.2, 0.25) is 0 Å². The minimum Gasteiger partial charge on any atom is -0.496 e. The number of carbonyl (C=O) groups excluding carboxylic acids is 1. The van der Waals surface area contributed by atoms with Crippen molar-refractivity contribution in [2.75, 3.05) is 14.2 Å². The number of nitrogens with zero attached hydrogens (tertiary/aromatic N) is 3. The molecule has 0 bridgehead atoms. The predicted molar refractivity (Wildman–Crippen MR) is 103 cm³/mol. The van der Waals surface area contributed by atoms with Gasteiger partial charge in [-0.15, -0.1) is 0 Å². The molecule has 26 heavy (non-hydrogen) atoms. The van der Waals surface area contributed by atoms with Gasteiger partial charge in [0.1, 0.15) is 12.3 Å². The number of hydrogen-bond acceptors (Lipinski definition) is 4. The van der Waals surface area contributed by atoms with E-state index >= 15 is 0 Å². The number of rotatable bonds is 5. The molecule has 0 fully saturated rings. The van der Waals surface area contributed by atoms with Gasteiger partial charge in [-0.25, -0.2) is 4.98 Å². The second-order valence-corrected chi connectivity index (χ2v) is 6.82. The largest absolute Gasteiger partial charge is 0.496 e. The van der Waals surface area contributed by atoms with E-state index in [1.165, 1.54) is 10.9 Å². The highest BCUT2D eigenvalue weighted by Crippen LogP contribution is 2.24. The van der Waals surface area contributed by atoms with Crippen molar-refractivity contribution in [1.82, 2.24) is 14.5 Å². The van der Waals surface area contributed by atoms with Crippen LogP contribution in [-0.4, -0.2) is 34.5 Å². The molecule has 134 valence electrons. The summed E-state index contributed by atoms with van der Waals surface area (Å²) in [5.41, 5.74) is 1.27. The molecule has 0 saturated heterocycles. The highest BCUT2D eigenvalue weighted by atomic mass is 79.9. The van der Waals surface area contributed by atoms with Crippen molar-refractivity contribution in [3.63, 3.8) is 0 Å². The molecule has 0 radical (unpaired) electrons. The Hall–Kier alpha value is -2.67. The SMILES string of the molecule is COc1ccc(Br)cc1CN(C)C(=O)Cn1cnc2ccccc2c1=O. The Kier molecular flexibility index (Phi) is 5.37. The molecule has 7 heteroatoms. The molecule has 0 spiro atoms. The number of fused-ring (bicyclic) bond motifs is 1. The lowest BCUT2D eigenvalue weighted by Gasteiger charge is -2.19. The number of carbonyl (C=O) groups is 1. The van der Waals surface area contributed by atoms with Gasteiger partial charge in [0, 0.05) is 23.6 Å². The fraction of sp³-hybridized carbons (Fsp3) is 0.211. The van der Waals surface area contributed by atoms with E-state index in [2.05, 4.69) is 20.9 Å². The second kappa shape index (κ2) is 7.70. The number of para-hydroxylation sites is 1. The molecular weight excluding hydrogens is 398 g/mol. The van der Waals surface area contributed by atoms with Gasteiger partial charge in [-0.3, -0.25) is 14.2 Å². The van der Waals surface area contributed by atoms with Crippen LogP contribution in [0.1, 0.15) is 5.56 Å². The van der Waals surface area contributed by atoms with Crippen molar-refractivity contribution in [1.29, 1.82) is 0 Å². The third kappa shape index (κ3) is 3.77. The van der Waals surface area contributed by atoms with Gasteiger partial charge in [-0.2, -0.15) is 0 Å². The van der Waals surface area contributed by atoms with E-state index in [4.69, 9.17) is 4.74 Å². The van der Waals surface area contributed by atoms with Crippen molar-refractivity contribution in [3.05, 3.63) is 69.2 Å². The predicted octanol–water partition coefficient (Wildman–Crippen LogP) is 2.83. The molecule has 6 nitrogen and oxygen atoms in total. The summed E-state index contributed by atoms with van der Waals surface area (Å²) in [6.45, 7) is 0.306. The molecule has 2 aromatic carbocycles.